The zero-order chi connectivity index (χ0) is 13.6. The van der Waals surface area contributed by atoms with Crippen LogP contribution in [0.5, 0.6) is 0 Å². The minimum atomic E-state index is -0.401. The molecule has 0 unspecified atom stereocenters. The Labute approximate surface area is 122 Å². The molecule has 18 heavy (non-hydrogen) atoms. The molecule has 0 spiro atoms. The van der Waals surface area contributed by atoms with Crippen LogP contribution in [-0.4, -0.2) is 18.3 Å². The fourth-order valence-corrected chi connectivity index (χ4v) is 2.38. The third kappa shape index (κ3) is 2.48. The van der Waals surface area contributed by atoms with E-state index in [1.54, 1.807) is 0 Å². The van der Waals surface area contributed by atoms with Gasteiger partial charge in [-0.05, 0) is 39.3 Å². The quantitative estimate of drug-likeness (QED) is 0.610. The van der Waals surface area contributed by atoms with Crippen LogP contribution in [0.3, 0.4) is 0 Å². The van der Waals surface area contributed by atoms with Gasteiger partial charge in [0, 0.05) is 15.8 Å². The molecule has 0 bridgehead atoms. The third-order valence-corrected chi connectivity index (χ3v) is 4.71. The van der Waals surface area contributed by atoms with Gasteiger partial charge in [-0.1, -0.05) is 39.7 Å². The highest BCUT2D eigenvalue weighted by Crippen LogP contribution is 2.37. The summed E-state index contributed by atoms with van der Waals surface area (Å²) >= 11 is 9.69. The van der Waals surface area contributed by atoms with Gasteiger partial charge in [0.1, 0.15) is 0 Å². The smallest absolute Gasteiger partial charge is 0.399 e. The van der Waals surface area contributed by atoms with Crippen LogP contribution < -0.4 is 5.46 Å². The van der Waals surface area contributed by atoms with Crippen molar-refractivity contribution in [2.75, 3.05) is 0 Å². The molecule has 1 saturated heterocycles. The Morgan fingerprint density at radius 2 is 1.72 bits per heavy atom. The van der Waals surface area contributed by atoms with Crippen molar-refractivity contribution in [3.05, 3.63) is 28.8 Å². The number of rotatable bonds is 2. The molecule has 0 saturated carbocycles. The van der Waals surface area contributed by atoms with Crippen molar-refractivity contribution in [1.82, 2.24) is 0 Å². The van der Waals surface area contributed by atoms with E-state index in [4.69, 9.17) is 20.9 Å². The molecule has 1 aliphatic heterocycles. The molecule has 0 atom stereocenters. The minimum absolute atomic E-state index is 0.342. The van der Waals surface area contributed by atoms with Crippen molar-refractivity contribution in [1.29, 1.82) is 0 Å². The van der Waals surface area contributed by atoms with Gasteiger partial charge in [-0.25, -0.2) is 0 Å². The number of halogens is 2. The van der Waals surface area contributed by atoms with Crippen molar-refractivity contribution in [2.45, 2.75) is 44.2 Å². The lowest BCUT2D eigenvalue weighted by atomic mass is 9.78. The topological polar surface area (TPSA) is 18.5 Å². The number of hydrogen-bond acceptors (Lipinski definition) is 2. The molecule has 1 aliphatic rings. The van der Waals surface area contributed by atoms with Crippen LogP contribution in [-0.2, 0) is 14.6 Å². The first-order valence-electron chi connectivity index (χ1n) is 5.97. The van der Waals surface area contributed by atoms with Crippen molar-refractivity contribution < 1.29 is 9.31 Å². The molecule has 98 valence electrons. The van der Waals surface area contributed by atoms with E-state index in [1.807, 2.05) is 45.9 Å². The monoisotopic (exact) mass is 330 g/mol. The minimum Gasteiger partial charge on any atom is -0.399 e. The zero-order valence-electron chi connectivity index (χ0n) is 11.1. The first-order valence-corrected chi connectivity index (χ1v) is 7.47. The fourth-order valence-electron chi connectivity index (χ4n) is 1.83. The summed E-state index contributed by atoms with van der Waals surface area (Å²) in [5.41, 5.74) is 1.37. The maximum Gasteiger partial charge on any atom is 0.496 e. The second-order valence-electron chi connectivity index (χ2n) is 5.58. The maximum absolute atomic E-state index is 6.24. The van der Waals surface area contributed by atoms with E-state index in [-0.39, 0.29) is 11.2 Å². The first kappa shape index (κ1) is 14.4. The summed E-state index contributed by atoms with van der Waals surface area (Å²) in [6, 6.07) is 5.91. The Morgan fingerprint density at radius 3 is 2.22 bits per heavy atom. The molecule has 0 aliphatic carbocycles. The molecule has 1 aromatic carbocycles. The molecule has 0 aromatic heterocycles. The van der Waals surface area contributed by atoms with Crippen molar-refractivity contribution in [3.8, 4) is 0 Å². The van der Waals surface area contributed by atoms with Crippen molar-refractivity contribution in [3.63, 3.8) is 0 Å². The molecule has 1 fully saturated rings. The van der Waals surface area contributed by atoms with Crippen LogP contribution in [0.2, 0.25) is 5.02 Å². The van der Waals surface area contributed by atoms with Gasteiger partial charge >= 0.3 is 7.12 Å². The third-order valence-electron chi connectivity index (χ3n) is 3.72. The maximum atomic E-state index is 6.24. The second kappa shape index (κ2) is 4.82. The molecule has 0 amide bonds. The summed E-state index contributed by atoms with van der Waals surface area (Å²) in [5.74, 6) is 0. The molecule has 1 heterocycles. The van der Waals surface area contributed by atoms with Crippen LogP contribution >= 0.6 is 27.5 Å². The molecular weight excluding hydrogens is 314 g/mol. The lowest BCUT2D eigenvalue weighted by Crippen LogP contribution is -2.41. The molecule has 5 heteroatoms. The molecule has 0 radical (unpaired) electrons. The number of hydrogen-bond donors (Lipinski definition) is 0. The van der Waals surface area contributed by atoms with Crippen LogP contribution in [0.25, 0.3) is 0 Å². The fraction of sp³-hybridized carbons (Fsp3) is 0.538. The summed E-state index contributed by atoms with van der Waals surface area (Å²) in [7, 11) is -0.401. The summed E-state index contributed by atoms with van der Waals surface area (Å²) < 4.78 is 12.0. The Balaban J connectivity index is 2.34. The Hall–Kier alpha value is -0.0251. The van der Waals surface area contributed by atoms with E-state index in [9.17, 15) is 0 Å². The average molecular weight is 331 g/mol. The van der Waals surface area contributed by atoms with Gasteiger partial charge in [0.05, 0.1) is 11.2 Å². The predicted octanol–water partition coefficient (Wildman–Crippen LogP) is 3.53. The highest BCUT2D eigenvalue weighted by molar-refractivity contribution is 9.08. The summed E-state index contributed by atoms with van der Waals surface area (Å²) in [4.78, 5) is 0. The lowest BCUT2D eigenvalue weighted by Gasteiger charge is -2.32. The zero-order valence-corrected chi connectivity index (χ0v) is 13.4. The Kier molecular flexibility index (Phi) is 3.85. The Bertz CT molecular complexity index is 446. The van der Waals surface area contributed by atoms with Gasteiger partial charge in [-0.2, -0.15) is 0 Å². The molecule has 2 rings (SSSR count). The summed E-state index contributed by atoms with van der Waals surface area (Å²) in [6.07, 6.45) is 0. The van der Waals surface area contributed by atoms with E-state index >= 15 is 0 Å². The normalized spacial score (nSPS) is 21.3. The van der Waals surface area contributed by atoms with E-state index in [0.717, 1.165) is 16.4 Å². The van der Waals surface area contributed by atoms with Crippen LogP contribution in [0.15, 0.2) is 18.2 Å². The highest BCUT2D eigenvalue weighted by atomic mass is 79.9. The predicted molar refractivity (Wildman–Crippen MR) is 79.8 cm³/mol. The summed E-state index contributed by atoms with van der Waals surface area (Å²) in [6.45, 7) is 8.15. The molecular formula is C13H17BBrClO2. The highest BCUT2D eigenvalue weighted by Gasteiger charge is 2.52. The Morgan fingerprint density at radius 1 is 1.17 bits per heavy atom. The second-order valence-corrected chi connectivity index (χ2v) is 6.55. The first-order chi connectivity index (χ1) is 8.27. The lowest BCUT2D eigenvalue weighted by molar-refractivity contribution is 0.00578. The molecule has 2 nitrogen and oxygen atoms in total. The largest absolute Gasteiger partial charge is 0.496 e. The van der Waals surface area contributed by atoms with E-state index in [0.29, 0.717) is 5.02 Å². The van der Waals surface area contributed by atoms with Gasteiger partial charge in [-0.3, -0.25) is 0 Å². The summed E-state index contributed by atoms with van der Waals surface area (Å²) in [5, 5.41) is 1.47. The standard InChI is InChI=1S/C13H17BBrClO2/c1-12(2)13(3,4)18-14(17-12)10-7-9(8-15)5-6-11(10)16/h5-7H,8H2,1-4H3. The van der Waals surface area contributed by atoms with E-state index < -0.39 is 7.12 Å². The van der Waals surface area contributed by atoms with Gasteiger partial charge in [-0.15, -0.1) is 0 Å². The van der Waals surface area contributed by atoms with Crippen molar-refractivity contribution in [2.24, 2.45) is 0 Å². The van der Waals surface area contributed by atoms with Crippen LogP contribution in [0, 0.1) is 0 Å². The van der Waals surface area contributed by atoms with Gasteiger partial charge < -0.3 is 9.31 Å². The van der Waals surface area contributed by atoms with Crippen molar-refractivity contribution >= 4 is 40.1 Å². The van der Waals surface area contributed by atoms with E-state index in [2.05, 4.69) is 15.9 Å². The van der Waals surface area contributed by atoms with E-state index in [1.165, 1.54) is 0 Å². The SMILES string of the molecule is CC1(C)OB(c2cc(CBr)ccc2Cl)OC1(C)C. The van der Waals surface area contributed by atoms with Crippen LogP contribution in [0.1, 0.15) is 33.3 Å². The number of benzene rings is 1. The van der Waals surface area contributed by atoms with Gasteiger partial charge in [0.25, 0.3) is 0 Å². The van der Waals surface area contributed by atoms with Crippen LogP contribution in [0.4, 0.5) is 0 Å². The number of alkyl halides is 1. The molecule has 1 aromatic rings. The average Bonchev–Trinajstić information content (AvgIpc) is 2.48. The van der Waals surface area contributed by atoms with Gasteiger partial charge in [0.15, 0.2) is 0 Å². The van der Waals surface area contributed by atoms with Gasteiger partial charge in [0.2, 0.25) is 0 Å². The molecule has 0 N–H and O–H groups in total.